The minimum Gasteiger partial charge on any atom is -0.506 e. The third-order valence-corrected chi connectivity index (χ3v) is 3.35. The van der Waals surface area contributed by atoms with Crippen molar-refractivity contribution in [1.82, 2.24) is 5.32 Å². The maximum atomic E-state index is 12.8. The maximum absolute atomic E-state index is 12.8. The van der Waals surface area contributed by atoms with Gasteiger partial charge in [-0.15, -0.1) is 0 Å². The monoisotopic (exact) mass is 319 g/mol. The van der Waals surface area contributed by atoms with Gasteiger partial charge in [-0.2, -0.15) is 10.2 Å². The smallest absolute Gasteiger partial charge is 0.155 e. The summed E-state index contributed by atoms with van der Waals surface area (Å²) in [6, 6.07) is 4.88. The Kier molecular flexibility index (Phi) is 6.05. The van der Waals surface area contributed by atoms with Gasteiger partial charge in [0.25, 0.3) is 0 Å². The predicted molar refractivity (Wildman–Crippen MR) is 93.4 cm³/mol. The molecule has 2 N–H and O–H groups in total. The molecule has 1 rings (SSSR count). The zero-order valence-electron chi connectivity index (χ0n) is 15.3. The molecule has 0 aliphatic carbocycles. The fourth-order valence-electron chi connectivity index (χ4n) is 2.37. The van der Waals surface area contributed by atoms with Gasteiger partial charge in [0.15, 0.2) is 5.78 Å². The van der Waals surface area contributed by atoms with Crippen LogP contribution in [0, 0.1) is 5.41 Å². The van der Waals surface area contributed by atoms with E-state index in [-0.39, 0.29) is 23.1 Å². The number of benzene rings is 1. The van der Waals surface area contributed by atoms with Crippen LogP contribution in [0.1, 0.15) is 47.1 Å². The van der Waals surface area contributed by atoms with Crippen molar-refractivity contribution in [3.8, 4) is 5.75 Å². The molecule has 0 fully saturated rings. The van der Waals surface area contributed by atoms with E-state index in [0.29, 0.717) is 12.1 Å². The van der Waals surface area contributed by atoms with Crippen LogP contribution in [-0.2, 0) is 11.2 Å². The number of Topliss-reactive ketones (excluding diaryl/α,β-unsaturated/α-hetero) is 1. The first-order valence-electron chi connectivity index (χ1n) is 7.88. The molecule has 1 aromatic carbocycles. The maximum Gasteiger partial charge on any atom is 0.155 e. The number of ketones is 1. The van der Waals surface area contributed by atoms with Crippen LogP contribution in [0.15, 0.2) is 28.4 Å². The molecule has 1 aromatic rings. The van der Waals surface area contributed by atoms with Crippen molar-refractivity contribution in [2.24, 2.45) is 15.6 Å². The Labute approximate surface area is 139 Å². The standard InChI is InChI=1S/C18H29N3O2/c1-17(2,3)16(23)14(20-18(4,5)6)11-12-8-9-15(22)13(10-12)21-19-7/h8-10,14,20,22H,11H2,1-7H3. The van der Waals surface area contributed by atoms with Crippen molar-refractivity contribution >= 4 is 11.5 Å². The Morgan fingerprint density at radius 2 is 1.83 bits per heavy atom. The molecular weight excluding hydrogens is 290 g/mol. The number of hydrogen-bond acceptors (Lipinski definition) is 5. The third kappa shape index (κ3) is 6.10. The Morgan fingerprint density at radius 1 is 1.22 bits per heavy atom. The van der Waals surface area contributed by atoms with Crippen LogP contribution in [0.5, 0.6) is 5.75 Å². The highest BCUT2D eigenvalue weighted by atomic mass is 16.3. The zero-order valence-corrected chi connectivity index (χ0v) is 15.3. The average molecular weight is 319 g/mol. The first-order chi connectivity index (χ1) is 10.4. The van der Waals surface area contributed by atoms with Crippen molar-refractivity contribution in [3.63, 3.8) is 0 Å². The minimum atomic E-state index is -0.425. The summed E-state index contributed by atoms with van der Waals surface area (Å²) >= 11 is 0. The highest BCUT2D eigenvalue weighted by molar-refractivity contribution is 5.89. The van der Waals surface area contributed by atoms with E-state index in [2.05, 4.69) is 15.5 Å². The lowest BCUT2D eigenvalue weighted by Gasteiger charge is -2.32. The average Bonchev–Trinajstić information content (AvgIpc) is 2.38. The lowest BCUT2D eigenvalue weighted by atomic mass is 9.83. The molecule has 0 heterocycles. The number of carbonyl (C=O) groups is 1. The van der Waals surface area contributed by atoms with Crippen molar-refractivity contribution in [2.45, 2.75) is 59.5 Å². The first kappa shape index (κ1) is 19.3. The van der Waals surface area contributed by atoms with E-state index in [1.165, 1.54) is 0 Å². The highest BCUT2D eigenvalue weighted by Crippen LogP contribution is 2.29. The van der Waals surface area contributed by atoms with Crippen molar-refractivity contribution in [2.75, 3.05) is 7.05 Å². The molecule has 128 valence electrons. The quantitative estimate of drug-likeness (QED) is 0.805. The van der Waals surface area contributed by atoms with Gasteiger partial charge in [0.05, 0.1) is 6.04 Å². The molecule has 0 aliphatic heterocycles. The molecule has 0 amide bonds. The van der Waals surface area contributed by atoms with Crippen LogP contribution in [0.25, 0.3) is 0 Å². The number of nitrogens with zero attached hydrogens (tertiary/aromatic N) is 2. The molecule has 23 heavy (non-hydrogen) atoms. The second-order valence-corrected chi connectivity index (χ2v) is 7.89. The molecule has 0 aliphatic rings. The van der Waals surface area contributed by atoms with E-state index in [9.17, 15) is 9.90 Å². The molecule has 5 heteroatoms. The number of carbonyl (C=O) groups excluding carboxylic acids is 1. The third-order valence-electron chi connectivity index (χ3n) is 3.35. The van der Waals surface area contributed by atoms with Crippen LogP contribution in [0.3, 0.4) is 0 Å². The lowest BCUT2D eigenvalue weighted by molar-refractivity contribution is -0.128. The summed E-state index contributed by atoms with van der Waals surface area (Å²) in [6.45, 7) is 11.9. The summed E-state index contributed by atoms with van der Waals surface area (Å²) in [5, 5.41) is 20.8. The molecule has 0 saturated carbocycles. The number of rotatable bonds is 5. The summed E-state index contributed by atoms with van der Waals surface area (Å²) in [4.78, 5) is 12.8. The number of phenolic OH excluding ortho intramolecular Hbond substituents is 1. The molecular formula is C18H29N3O2. The number of nitrogens with one attached hydrogen (secondary N) is 1. The second-order valence-electron chi connectivity index (χ2n) is 7.89. The summed E-state index contributed by atoms with van der Waals surface area (Å²) in [7, 11) is 1.55. The number of aromatic hydroxyl groups is 1. The number of hydrogen-bond donors (Lipinski definition) is 2. The van der Waals surface area contributed by atoms with E-state index in [1.54, 1.807) is 19.2 Å². The van der Waals surface area contributed by atoms with Gasteiger partial charge in [-0.25, -0.2) is 0 Å². The van der Waals surface area contributed by atoms with Crippen molar-refractivity contribution in [3.05, 3.63) is 23.8 Å². The summed E-state index contributed by atoms with van der Waals surface area (Å²) < 4.78 is 0. The van der Waals surface area contributed by atoms with Crippen LogP contribution >= 0.6 is 0 Å². The second kappa shape index (κ2) is 7.21. The highest BCUT2D eigenvalue weighted by Gasteiger charge is 2.32. The lowest BCUT2D eigenvalue weighted by Crippen LogP contribution is -2.51. The number of phenols is 1. The van der Waals surface area contributed by atoms with Gasteiger partial charge in [0.2, 0.25) is 0 Å². The topological polar surface area (TPSA) is 74.0 Å². The Bertz CT molecular complexity index is 581. The summed E-state index contributed by atoms with van der Waals surface area (Å²) in [6.07, 6.45) is 0.542. The Balaban J connectivity index is 3.10. The molecule has 1 unspecified atom stereocenters. The molecule has 5 nitrogen and oxygen atoms in total. The summed E-state index contributed by atoms with van der Waals surface area (Å²) in [5.41, 5.74) is 0.757. The van der Waals surface area contributed by atoms with E-state index < -0.39 is 5.41 Å². The van der Waals surface area contributed by atoms with Gasteiger partial charge in [-0.1, -0.05) is 26.8 Å². The van der Waals surface area contributed by atoms with E-state index in [4.69, 9.17) is 0 Å². The van der Waals surface area contributed by atoms with Gasteiger partial charge >= 0.3 is 0 Å². The molecule has 0 radical (unpaired) electrons. The Hall–Kier alpha value is -1.75. The minimum absolute atomic E-state index is 0.0850. The van der Waals surface area contributed by atoms with Crippen LogP contribution in [-0.4, -0.2) is 29.5 Å². The van der Waals surface area contributed by atoms with Crippen molar-refractivity contribution in [1.29, 1.82) is 0 Å². The summed E-state index contributed by atoms with van der Waals surface area (Å²) in [5.74, 6) is 0.251. The molecule has 0 spiro atoms. The Morgan fingerprint density at radius 3 is 2.30 bits per heavy atom. The zero-order chi connectivity index (χ0) is 17.8. The normalized spacial score (nSPS) is 14.2. The van der Waals surface area contributed by atoms with Crippen LogP contribution < -0.4 is 5.32 Å². The largest absolute Gasteiger partial charge is 0.506 e. The van der Waals surface area contributed by atoms with E-state index >= 15 is 0 Å². The van der Waals surface area contributed by atoms with Gasteiger partial charge in [-0.05, 0) is 44.9 Å². The molecule has 1 atom stereocenters. The van der Waals surface area contributed by atoms with E-state index in [1.807, 2.05) is 47.6 Å². The van der Waals surface area contributed by atoms with Gasteiger partial charge < -0.3 is 10.4 Å². The van der Waals surface area contributed by atoms with Crippen LogP contribution in [0.4, 0.5) is 5.69 Å². The molecule has 0 aromatic heterocycles. The number of azo groups is 1. The SMILES string of the molecule is CN=Nc1cc(CC(NC(C)(C)C)C(=O)C(C)(C)C)ccc1O. The molecule has 0 saturated heterocycles. The van der Waals surface area contributed by atoms with Gasteiger partial charge in [0.1, 0.15) is 11.4 Å². The van der Waals surface area contributed by atoms with Crippen molar-refractivity contribution < 1.29 is 9.90 Å². The van der Waals surface area contributed by atoms with Gasteiger partial charge in [-0.3, -0.25) is 4.79 Å². The molecule has 0 bridgehead atoms. The van der Waals surface area contributed by atoms with Gasteiger partial charge in [0, 0.05) is 18.0 Å². The van der Waals surface area contributed by atoms with Crippen LogP contribution in [0.2, 0.25) is 0 Å². The first-order valence-corrected chi connectivity index (χ1v) is 7.88. The predicted octanol–water partition coefficient (Wildman–Crippen LogP) is 4.02. The fraction of sp³-hybridized carbons (Fsp3) is 0.611. The van der Waals surface area contributed by atoms with E-state index in [0.717, 1.165) is 5.56 Å². The fourth-order valence-corrected chi connectivity index (χ4v) is 2.37.